The molecule has 0 bridgehead atoms. The molecule has 25 heavy (non-hydrogen) atoms. The van der Waals surface area contributed by atoms with Gasteiger partial charge in [-0.2, -0.15) is 0 Å². The zero-order chi connectivity index (χ0) is 19.1. The Balaban J connectivity index is 4.47. The maximum absolute atomic E-state index is 11.5. The molecule has 1 atom stereocenters. The van der Waals surface area contributed by atoms with Crippen LogP contribution in [0.1, 0.15) is 71.6 Å². The average molecular weight is 359 g/mol. The zero-order valence-corrected chi connectivity index (χ0v) is 16.9. The van der Waals surface area contributed by atoms with Gasteiger partial charge in [-0.25, -0.2) is 4.79 Å². The molecule has 0 spiro atoms. The summed E-state index contributed by atoms with van der Waals surface area (Å²) in [7, 11) is 4.80. The maximum atomic E-state index is 11.5. The lowest BCUT2D eigenvalue weighted by Gasteiger charge is -2.36. The van der Waals surface area contributed by atoms with E-state index >= 15 is 0 Å². The van der Waals surface area contributed by atoms with Crippen molar-refractivity contribution < 1.29 is 23.7 Å². The van der Waals surface area contributed by atoms with E-state index in [1.807, 2.05) is 0 Å². The monoisotopic (exact) mass is 358 g/mol. The molecule has 0 aromatic carbocycles. The van der Waals surface area contributed by atoms with Crippen LogP contribution in [-0.2, 0) is 23.7 Å². The third-order valence-corrected chi connectivity index (χ3v) is 4.54. The smallest absolute Gasteiger partial charge is 0.333 e. The summed E-state index contributed by atoms with van der Waals surface area (Å²) in [6, 6.07) is 0. The van der Waals surface area contributed by atoms with E-state index in [0.29, 0.717) is 12.2 Å². The van der Waals surface area contributed by atoms with E-state index in [1.54, 1.807) is 28.3 Å². The van der Waals surface area contributed by atoms with E-state index < -0.39 is 5.97 Å². The fourth-order valence-corrected chi connectivity index (χ4v) is 3.04. The molecule has 0 saturated carbocycles. The standard InChI is InChI=1S/C20H38O5/c1-7-8-9-10-11-12-14-18(20(22-4,23-5)24-6)15-13-16-25-19(21)17(2)3/h18H,2,7-16H2,1,3-6H3/t18-/m1/s1. The van der Waals surface area contributed by atoms with Crippen molar-refractivity contribution >= 4 is 5.97 Å². The number of rotatable bonds is 16. The Morgan fingerprint density at radius 1 is 0.920 bits per heavy atom. The molecule has 0 rings (SSSR count). The van der Waals surface area contributed by atoms with Crippen molar-refractivity contribution in [3.8, 4) is 0 Å². The number of hydrogen-bond donors (Lipinski definition) is 0. The number of carbonyl (C=O) groups is 1. The lowest BCUT2D eigenvalue weighted by Crippen LogP contribution is -2.44. The SMILES string of the molecule is C=C(C)C(=O)OCCC[C@@H](CCCCCCCC)C(OC)(OC)OC. The lowest BCUT2D eigenvalue weighted by atomic mass is 9.93. The lowest BCUT2D eigenvalue weighted by molar-refractivity contribution is -0.380. The molecular formula is C20H38O5. The van der Waals surface area contributed by atoms with E-state index in [2.05, 4.69) is 13.5 Å². The van der Waals surface area contributed by atoms with E-state index in [4.69, 9.17) is 18.9 Å². The van der Waals surface area contributed by atoms with Crippen molar-refractivity contribution in [3.05, 3.63) is 12.2 Å². The summed E-state index contributed by atoms with van der Waals surface area (Å²) in [6.45, 7) is 7.82. The molecule has 0 aliphatic heterocycles. The van der Waals surface area contributed by atoms with Crippen LogP contribution in [0.2, 0.25) is 0 Å². The second kappa shape index (κ2) is 14.3. The highest BCUT2D eigenvalue weighted by molar-refractivity contribution is 5.86. The first-order valence-corrected chi connectivity index (χ1v) is 9.45. The summed E-state index contributed by atoms with van der Waals surface area (Å²) in [4.78, 5) is 11.5. The van der Waals surface area contributed by atoms with Gasteiger partial charge in [0.15, 0.2) is 0 Å². The van der Waals surface area contributed by atoms with Gasteiger partial charge in [0.05, 0.1) is 6.61 Å². The van der Waals surface area contributed by atoms with Gasteiger partial charge in [-0.1, -0.05) is 52.0 Å². The van der Waals surface area contributed by atoms with Crippen LogP contribution in [0.3, 0.4) is 0 Å². The summed E-state index contributed by atoms with van der Waals surface area (Å²) in [6.07, 6.45) is 9.91. The van der Waals surface area contributed by atoms with E-state index in [-0.39, 0.29) is 11.9 Å². The number of carbonyl (C=O) groups excluding carboxylic acids is 1. The quantitative estimate of drug-likeness (QED) is 0.171. The number of methoxy groups -OCH3 is 3. The fourth-order valence-electron chi connectivity index (χ4n) is 3.04. The molecule has 0 amide bonds. The summed E-state index contributed by atoms with van der Waals surface area (Å²) in [5.74, 6) is -1.30. The number of ether oxygens (including phenoxy) is 4. The highest BCUT2D eigenvalue weighted by Crippen LogP contribution is 2.32. The molecule has 0 aliphatic carbocycles. The van der Waals surface area contributed by atoms with Crippen LogP contribution in [0.5, 0.6) is 0 Å². The van der Waals surface area contributed by atoms with Crippen LogP contribution < -0.4 is 0 Å². The van der Waals surface area contributed by atoms with Crippen molar-refractivity contribution in [2.45, 2.75) is 77.6 Å². The number of unbranched alkanes of at least 4 members (excludes halogenated alkanes) is 5. The number of hydrogen-bond acceptors (Lipinski definition) is 5. The highest BCUT2D eigenvalue weighted by atomic mass is 16.9. The fraction of sp³-hybridized carbons (Fsp3) is 0.850. The van der Waals surface area contributed by atoms with Gasteiger partial charge in [0, 0.05) is 32.8 Å². The molecule has 0 saturated heterocycles. The second-order valence-corrected chi connectivity index (χ2v) is 6.53. The molecule has 0 aliphatic rings. The predicted molar refractivity (Wildman–Crippen MR) is 100 cm³/mol. The number of esters is 1. The van der Waals surface area contributed by atoms with Gasteiger partial charge in [-0.05, 0) is 26.2 Å². The molecule has 0 radical (unpaired) electrons. The minimum absolute atomic E-state index is 0.0854. The van der Waals surface area contributed by atoms with Gasteiger partial charge in [0.1, 0.15) is 0 Å². The highest BCUT2D eigenvalue weighted by Gasteiger charge is 2.39. The van der Waals surface area contributed by atoms with Gasteiger partial charge in [-0.15, -0.1) is 0 Å². The minimum Gasteiger partial charge on any atom is -0.462 e. The van der Waals surface area contributed by atoms with Crippen LogP contribution >= 0.6 is 0 Å². The largest absolute Gasteiger partial charge is 0.462 e. The van der Waals surface area contributed by atoms with E-state index in [1.165, 1.54) is 32.1 Å². The van der Waals surface area contributed by atoms with Crippen molar-refractivity contribution in [2.75, 3.05) is 27.9 Å². The molecule has 0 fully saturated rings. The van der Waals surface area contributed by atoms with Crippen LogP contribution in [-0.4, -0.2) is 39.9 Å². The molecule has 0 N–H and O–H groups in total. The Morgan fingerprint density at radius 2 is 1.44 bits per heavy atom. The van der Waals surface area contributed by atoms with Crippen molar-refractivity contribution in [1.29, 1.82) is 0 Å². The van der Waals surface area contributed by atoms with Gasteiger partial charge in [-0.3, -0.25) is 0 Å². The van der Waals surface area contributed by atoms with Crippen molar-refractivity contribution in [2.24, 2.45) is 5.92 Å². The molecule has 5 heteroatoms. The first kappa shape index (κ1) is 24.1. The van der Waals surface area contributed by atoms with Crippen LogP contribution in [0.4, 0.5) is 0 Å². The molecule has 0 aromatic heterocycles. The summed E-state index contributed by atoms with van der Waals surface area (Å²) < 4.78 is 21.8. The first-order valence-electron chi connectivity index (χ1n) is 9.45. The Bertz CT molecular complexity index is 355. The predicted octanol–water partition coefficient (Wildman–Crippen LogP) is 4.85. The Labute approximate surface area is 154 Å². The Hall–Kier alpha value is -0.910. The summed E-state index contributed by atoms with van der Waals surface area (Å²) >= 11 is 0. The minimum atomic E-state index is -1.04. The molecule has 5 nitrogen and oxygen atoms in total. The third-order valence-electron chi connectivity index (χ3n) is 4.54. The molecule has 148 valence electrons. The van der Waals surface area contributed by atoms with Gasteiger partial charge < -0.3 is 18.9 Å². The Kier molecular flexibility index (Phi) is 13.8. The summed E-state index contributed by atoms with van der Waals surface area (Å²) in [5.41, 5.74) is 0.420. The van der Waals surface area contributed by atoms with Gasteiger partial charge in [0.25, 0.3) is 5.97 Å². The molecular weight excluding hydrogens is 320 g/mol. The van der Waals surface area contributed by atoms with E-state index in [0.717, 1.165) is 25.7 Å². The molecule has 0 unspecified atom stereocenters. The molecule has 0 aromatic rings. The van der Waals surface area contributed by atoms with E-state index in [9.17, 15) is 4.79 Å². The average Bonchev–Trinajstić information content (AvgIpc) is 2.62. The Morgan fingerprint density at radius 3 is 1.96 bits per heavy atom. The molecule has 0 heterocycles. The zero-order valence-electron chi connectivity index (χ0n) is 16.9. The van der Waals surface area contributed by atoms with Crippen molar-refractivity contribution in [1.82, 2.24) is 0 Å². The normalized spacial score (nSPS) is 12.8. The third kappa shape index (κ3) is 9.38. The van der Waals surface area contributed by atoms with Crippen LogP contribution in [0.25, 0.3) is 0 Å². The maximum Gasteiger partial charge on any atom is 0.333 e. The van der Waals surface area contributed by atoms with Crippen LogP contribution in [0.15, 0.2) is 12.2 Å². The van der Waals surface area contributed by atoms with Crippen molar-refractivity contribution in [3.63, 3.8) is 0 Å². The topological polar surface area (TPSA) is 54.0 Å². The van der Waals surface area contributed by atoms with Gasteiger partial charge in [0.2, 0.25) is 0 Å². The second-order valence-electron chi connectivity index (χ2n) is 6.53. The first-order chi connectivity index (χ1) is 12.0. The summed E-state index contributed by atoms with van der Waals surface area (Å²) in [5, 5.41) is 0. The van der Waals surface area contributed by atoms with Crippen LogP contribution in [0, 0.1) is 5.92 Å². The van der Waals surface area contributed by atoms with Gasteiger partial charge >= 0.3 is 5.97 Å².